The van der Waals surface area contributed by atoms with Crippen molar-refractivity contribution < 1.29 is 0 Å². The first-order chi connectivity index (χ1) is 21.9. The summed E-state index contributed by atoms with van der Waals surface area (Å²) in [4.78, 5) is 0. The lowest BCUT2D eigenvalue weighted by molar-refractivity contribution is 1.56. The van der Waals surface area contributed by atoms with Gasteiger partial charge in [-0.05, 0) is 83.2 Å². The van der Waals surface area contributed by atoms with Crippen molar-refractivity contribution in [3.8, 4) is 55.6 Å². The molecule has 0 aliphatic carbocycles. The highest BCUT2D eigenvalue weighted by molar-refractivity contribution is 6.22. The fourth-order valence-corrected chi connectivity index (χ4v) is 6.75. The van der Waals surface area contributed by atoms with Gasteiger partial charge in [0.1, 0.15) is 0 Å². The Hall–Kier alpha value is -5.72. The van der Waals surface area contributed by atoms with Crippen molar-refractivity contribution in [2.45, 2.75) is 0 Å². The summed E-state index contributed by atoms with van der Waals surface area (Å²) in [5.74, 6) is 0. The van der Waals surface area contributed by atoms with Crippen LogP contribution in [0.2, 0.25) is 0 Å². The van der Waals surface area contributed by atoms with Crippen LogP contribution in [0.15, 0.2) is 182 Å². The first-order valence-corrected chi connectivity index (χ1v) is 15.2. The number of benzene rings is 8. The lowest BCUT2D eigenvalue weighted by Crippen LogP contribution is -1.94. The van der Waals surface area contributed by atoms with E-state index in [1.54, 1.807) is 0 Å². The van der Waals surface area contributed by atoms with E-state index >= 15 is 0 Å². The second-order valence-corrected chi connectivity index (χ2v) is 11.2. The average molecular weight is 559 g/mol. The van der Waals surface area contributed by atoms with Gasteiger partial charge in [0.15, 0.2) is 0 Å². The van der Waals surface area contributed by atoms with Gasteiger partial charge in [-0.1, -0.05) is 176 Å². The summed E-state index contributed by atoms with van der Waals surface area (Å²) in [7, 11) is 0. The van der Waals surface area contributed by atoms with Crippen molar-refractivity contribution in [2.24, 2.45) is 0 Å². The number of hydrogen-bond acceptors (Lipinski definition) is 0. The largest absolute Gasteiger partial charge is 0.0622 e. The molecule has 0 nitrogen and oxygen atoms in total. The maximum absolute atomic E-state index is 2.33. The maximum atomic E-state index is 2.33. The van der Waals surface area contributed by atoms with Crippen LogP contribution in [0.25, 0.3) is 77.2 Å². The van der Waals surface area contributed by atoms with E-state index in [4.69, 9.17) is 0 Å². The molecule has 206 valence electrons. The van der Waals surface area contributed by atoms with E-state index in [1.807, 2.05) is 0 Å². The second kappa shape index (κ2) is 11.2. The Kier molecular flexibility index (Phi) is 6.59. The van der Waals surface area contributed by atoms with Gasteiger partial charge in [-0.3, -0.25) is 0 Å². The molecule has 0 radical (unpaired) electrons. The van der Waals surface area contributed by atoms with E-state index < -0.39 is 0 Å². The molecule has 0 N–H and O–H groups in total. The zero-order chi connectivity index (χ0) is 29.3. The van der Waals surface area contributed by atoms with E-state index in [0.29, 0.717) is 0 Å². The summed E-state index contributed by atoms with van der Waals surface area (Å²) in [5.41, 5.74) is 12.4. The lowest BCUT2D eigenvalue weighted by Gasteiger charge is -2.21. The molecule has 0 spiro atoms. The first kappa shape index (κ1) is 25.9. The van der Waals surface area contributed by atoms with Gasteiger partial charge in [0.2, 0.25) is 0 Å². The molecule has 0 aromatic heterocycles. The lowest BCUT2D eigenvalue weighted by atomic mass is 9.81. The third-order valence-electron chi connectivity index (χ3n) is 8.67. The van der Waals surface area contributed by atoms with Crippen LogP contribution in [0.1, 0.15) is 0 Å². The monoisotopic (exact) mass is 558 g/mol. The van der Waals surface area contributed by atoms with Gasteiger partial charge in [-0.15, -0.1) is 0 Å². The molecule has 0 fully saturated rings. The van der Waals surface area contributed by atoms with Crippen molar-refractivity contribution in [2.75, 3.05) is 0 Å². The zero-order valence-corrected chi connectivity index (χ0v) is 24.3. The van der Waals surface area contributed by atoms with Crippen LogP contribution in [0, 0.1) is 0 Å². The molecule has 0 unspecified atom stereocenters. The highest BCUT2D eigenvalue weighted by Crippen LogP contribution is 2.48. The fraction of sp³-hybridized carbons (Fsp3) is 0. The van der Waals surface area contributed by atoms with Crippen LogP contribution in [0.5, 0.6) is 0 Å². The Balaban J connectivity index is 1.47. The molecular formula is C44H30. The van der Waals surface area contributed by atoms with Crippen molar-refractivity contribution in [1.29, 1.82) is 0 Å². The number of rotatable bonds is 5. The molecule has 8 aromatic carbocycles. The van der Waals surface area contributed by atoms with Crippen LogP contribution >= 0.6 is 0 Å². The van der Waals surface area contributed by atoms with E-state index in [2.05, 4.69) is 182 Å². The minimum atomic E-state index is 1.21. The normalized spacial score (nSPS) is 11.2. The molecule has 0 heteroatoms. The van der Waals surface area contributed by atoms with E-state index in [1.165, 1.54) is 77.2 Å². The third kappa shape index (κ3) is 4.49. The van der Waals surface area contributed by atoms with Crippen molar-refractivity contribution >= 4 is 21.5 Å². The molecule has 44 heavy (non-hydrogen) atoms. The smallest absolute Gasteiger partial charge is 0.00199 e. The van der Waals surface area contributed by atoms with Gasteiger partial charge in [0.05, 0.1) is 0 Å². The first-order valence-electron chi connectivity index (χ1n) is 15.2. The predicted molar refractivity (Wildman–Crippen MR) is 189 cm³/mol. The molecular weight excluding hydrogens is 528 g/mol. The Morgan fingerprint density at radius 3 is 1.16 bits per heavy atom. The fourth-order valence-electron chi connectivity index (χ4n) is 6.75. The van der Waals surface area contributed by atoms with Gasteiger partial charge in [-0.2, -0.15) is 0 Å². The van der Waals surface area contributed by atoms with Crippen LogP contribution < -0.4 is 0 Å². The summed E-state index contributed by atoms with van der Waals surface area (Å²) in [6.45, 7) is 0. The molecule has 0 amide bonds. The Morgan fingerprint density at radius 1 is 0.205 bits per heavy atom. The summed E-state index contributed by atoms with van der Waals surface area (Å²) >= 11 is 0. The summed E-state index contributed by atoms with van der Waals surface area (Å²) in [6.07, 6.45) is 0. The molecule has 0 saturated carbocycles. The third-order valence-corrected chi connectivity index (χ3v) is 8.67. The molecule has 8 aromatic rings. The topological polar surface area (TPSA) is 0 Å². The van der Waals surface area contributed by atoms with Gasteiger partial charge >= 0.3 is 0 Å². The van der Waals surface area contributed by atoms with Crippen molar-refractivity contribution in [3.63, 3.8) is 0 Å². The van der Waals surface area contributed by atoms with Crippen molar-refractivity contribution in [1.82, 2.24) is 0 Å². The number of hydrogen-bond donors (Lipinski definition) is 0. The highest BCUT2D eigenvalue weighted by atomic mass is 14.2. The predicted octanol–water partition coefficient (Wildman–Crippen LogP) is 12.3. The van der Waals surface area contributed by atoms with Gasteiger partial charge in [-0.25, -0.2) is 0 Å². The average Bonchev–Trinajstić information content (AvgIpc) is 3.11. The summed E-state index contributed by atoms with van der Waals surface area (Å²) in [5, 5.41) is 5.06. The van der Waals surface area contributed by atoms with Crippen LogP contribution in [-0.4, -0.2) is 0 Å². The molecule has 0 aliphatic rings. The summed E-state index contributed by atoms with van der Waals surface area (Å²) in [6, 6.07) is 65.9. The summed E-state index contributed by atoms with van der Waals surface area (Å²) < 4.78 is 0. The van der Waals surface area contributed by atoms with Crippen LogP contribution in [0.3, 0.4) is 0 Å². The zero-order valence-electron chi connectivity index (χ0n) is 24.3. The molecule has 0 atom stereocenters. The quantitative estimate of drug-likeness (QED) is 0.184. The van der Waals surface area contributed by atoms with Crippen LogP contribution in [0.4, 0.5) is 0 Å². The minimum Gasteiger partial charge on any atom is -0.0622 e. The molecule has 0 aliphatic heterocycles. The van der Waals surface area contributed by atoms with E-state index in [-0.39, 0.29) is 0 Å². The van der Waals surface area contributed by atoms with Gasteiger partial charge < -0.3 is 0 Å². The molecule has 0 bridgehead atoms. The van der Waals surface area contributed by atoms with Crippen LogP contribution in [-0.2, 0) is 0 Å². The standard InChI is InChI=1S/C44H30/c1-4-16-31(17-5-1)34-22-14-23-35(30-34)36-28-15-29-41(42(36)32-18-6-2-7-19-32)44-39-26-12-10-24-37(39)43(33-20-8-3-9-21-33)38-25-11-13-27-40(38)44/h1-30H. The molecule has 0 saturated heterocycles. The van der Waals surface area contributed by atoms with E-state index in [0.717, 1.165) is 0 Å². The highest BCUT2D eigenvalue weighted by Gasteiger charge is 2.21. The maximum Gasteiger partial charge on any atom is -0.00199 e. The number of fused-ring (bicyclic) bond motifs is 2. The second-order valence-electron chi connectivity index (χ2n) is 11.2. The van der Waals surface area contributed by atoms with E-state index in [9.17, 15) is 0 Å². The Morgan fingerprint density at radius 2 is 0.591 bits per heavy atom. The van der Waals surface area contributed by atoms with Crippen molar-refractivity contribution in [3.05, 3.63) is 182 Å². The molecule has 8 rings (SSSR count). The Labute approximate surface area is 258 Å². The molecule has 0 heterocycles. The Bertz CT molecular complexity index is 2190. The van der Waals surface area contributed by atoms with Gasteiger partial charge in [0, 0.05) is 0 Å². The SMILES string of the molecule is c1ccc(-c2cccc(-c3cccc(-c4c5ccccc5c(-c5ccccc5)c5ccccc45)c3-c3ccccc3)c2)cc1. The minimum absolute atomic E-state index is 1.21. The van der Waals surface area contributed by atoms with Gasteiger partial charge in [0.25, 0.3) is 0 Å².